The number of aryl methyl sites for hydroxylation is 1. The van der Waals surface area contributed by atoms with E-state index < -0.39 is 0 Å². The Bertz CT molecular complexity index is 283. The van der Waals surface area contributed by atoms with Gasteiger partial charge in [-0.05, 0) is 19.4 Å². The molecule has 2 nitrogen and oxygen atoms in total. The van der Waals surface area contributed by atoms with Crippen LogP contribution in [0, 0.1) is 0 Å². The van der Waals surface area contributed by atoms with Gasteiger partial charge in [0.25, 0.3) is 0 Å². The Labute approximate surface area is 84.2 Å². The predicted molar refractivity (Wildman–Crippen MR) is 56.9 cm³/mol. The number of hydrogen-bond donors (Lipinski definition) is 0. The van der Waals surface area contributed by atoms with Crippen LogP contribution in [0.1, 0.15) is 26.0 Å². The topological polar surface area (TPSA) is 17.8 Å². The molecule has 0 N–H and O–H groups in total. The van der Waals surface area contributed by atoms with E-state index in [4.69, 9.17) is 11.6 Å². The highest BCUT2D eigenvalue weighted by atomic mass is 35.5. The van der Waals surface area contributed by atoms with Gasteiger partial charge in [-0.25, -0.2) is 4.98 Å². The number of nitrogens with zero attached hydrogens (tertiary/aromatic N) is 2. The highest BCUT2D eigenvalue weighted by Gasteiger charge is 1.98. The Morgan fingerprint density at radius 3 is 2.92 bits per heavy atom. The van der Waals surface area contributed by atoms with Crippen molar-refractivity contribution in [2.75, 3.05) is 5.88 Å². The van der Waals surface area contributed by atoms with Gasteiger partial charge in [0.15, 0.2) is 0 Å². The lowest BCUT2D eigenvalue weighted by molar-refractivity contribution is 0.754. The maximum Gasteiger partial charge on any atom is 0.0950 e. The third-order valence-electron chi connectivity index (χ3n) is 2.06. The van der Waals surface area contributed by atoms with Gasteiger partial charge in [0.05, 0.1) is 18.2 Å². The van der Waals surface area contributed by atoms with Gasteiger partial charge >= 0.3 is 0 Å². The summed E-state index contributed by atoms with van der Waals surface area (Å²) < 4.78 is 2.10. The SMILES string of the molecule is CCC(=Cc1cncn1CC)CCl. The summed E-state index contributed by atoms with van der Waals surface area (Å²) in [4.78, 5) is 4.09. The van der Waals surface area contributed by atoms with Crippen LogP contribution in [0.2, 0.25) is 0 Å². The third-order valence-corrected chi connectivity index (χ3v) is 2.41. The molecule has 3 heteroatoms. The number of hydrogen-bond acceptors (Lipinski definition) is 1. The Kier molecular flexibility index (Phi) is 4.03. The summed E-state index contributed by atoms with van der Waals surface area (Å²) in [5.41, 5.74) is 2.39. The third kappa shape index (κ3) is 2.59. The van der Waals surface area contributed by atoms with Crippen LogP contribution in [0.3, 0.4) is 0 Å². The molecule has 1 heterocycles. The highest BCUT2D eigenvalue weighted by Crippen LogP contribution is 2.10. The second kappa shape index (κ2) is 5.07. The van der Waals surface area contributed by atoms with Crippen molar-refractivity contribution < 1.29 is 0 Å². The lowest BCUT2D eigenvalue weighted by atomic mass is 10.2. The number of alkyl halides is 1. The molecule has 0 amide bonds. The fourth-order valence-electron chi connectivity index (χ4n) is 1.16. The molecular weight excluding hydrogens is 184 g/mol. The summed E-state index contributed by atoms with van der Waals surface area (Å²) in [7, 11) is 0. The standard InChI is InChI=1S/C10H15ClN2/c1-3-9(6-11)5-10-7-12-8-13(10)4-2/h5,7-8H,3-4,6H2,1-2H3. The van der Waals surface area contributed by atoms with Crippen LogP contribution in [-0.2, 0) is 6.54 Å². The van der Waals surface area contributed by atoms with E-state index in [1.807, 2.05) is 12.5 Å². The molecule has 13 heavy (non-hydrogen) atoms. The number of imidazole rings is 1. The second-order valence-corrected chi connectivity index (χ2v) is 3.16. The molecule has 1 rings (SSSR count). The van der Waals surface area contributed by atoms with E-state index in [1.54, 1.807) is 0 Å². The summed E-state index contributed by atoms with van der Waals surface area (Å²) in [5.74, 6) is 0.603. The zero-order chi connectivity index (χ0) is 9.68. The molecule has 0 radical (unpaired) electrons. The van der Waals surface area contributed by atoms with Gasteiger partial charge in [-0.3, -0.25) is 0 Å². The van der Waals surface area contributed by atoms with Crippen molar-refractivity contribution in [2.45, 2.75) is 26.8 Å². The summed E-state index contributed by atoms with van der Waals surface area (Å²) in [6, 6.07) is 0. The van der Waals surface area contributed by atoms with Crippen molar-refractivity contribution in [3.8, 4) is 0 Å². The minimum Gasteiger partial charge on any atom is -0.331 e. The molecule has 0 atom stereocenters. The van der Waals surface area contributed by atoms with Crippen molar-refractivity contribution in [1.82, 2.24) is 9.55 Å². The molecule has 0 spiro atoms. The fourth-order valence-corrected chi connectivity index (χ4v) is 1.43. The monoisotopic (exact) mass is 198 g/mol. The van der Waals surface area contributed by atoms with Crippen molar-refractivity contribution in [1.29, 1.82) is 0 Å². The largest absolute Gasteiger partial charge is 0.331 e. The lowest BCUT2D eigenvalue weighted by Crippen LogP contribution is -1.95. The molecule has 0 aliphatic carbocycles. The van der Waals surface area contributed by atoms with E-state index in [1.165, 1.54) is 5.57 Å². The van der Waals surface area contributed by atoms with Crippen molar-refractivity contribution in [3.05, 3.63) is 23.8 Å². The van der Waals surface area contributed by atoms with Crippen LogP contribution in [-0.4, -0.2) is 15.4 Å². The Morgan fingerprint density at radius 2 is 2.38 bits per heavy atom. The maximum atomic E-state index is 5.78. The molecule has 1 aromatic heterocycles. The molecule has 0 aliphatic rings. The Hall–Kier alpha value is -0.760. The van der Waals surface area contributed by atoms with Crippen LogP contribution in [0.15, 0.2) is 18.1 Å². The molecule has 0 aromatic carbocycles. The average molecular weight is 199 g/mol. The molecule has 0 unspecified atom stereocenters. The molecule has 0 bridgehead atoms. The lowest BCUT2D eigenvalue weighted by Gasteiger charge is -2.02. The van der Waals surface area contributed by atoms with E-state index in [2.05, 4.69) is 29.5 Å². The minimum atomic E-state index is 0.603. The van der Waals surface area contributed by atoms with E-state index in [-0.39, 0.29) is 0 Å². The molecular formula is C10H15ClN2. The average Bonchev–Trinajstić information content (AvgIpc) is 2.61. The summed E-state index contributed by atoms with van der Waals surface area (Å²) >= 11 is 5.78. The second-order valence-electron chi connectivity index (χ2n) is 2.89. The fraction of sp³-hybridized carbons (Fsp3) is 0.500. The van der Waals surface area contributed by atoms with Crippen LogP contribution in [0.25, 0.3) is 6.08 Å². The van der Waals surface area contributed by atoms with E-state index >= 15 is 0 Å². The van der Waals surface area contributed by atoms with Crippen LogP contribution >= 0.6 is 11.6 Å². The van der Waals surface area contributed by atoms with E-state index in [9.17, 15) is 0 Å². The van der Waals surface area contributed by atoms with Gasteiger partial charge in [-0.2, -0.15) is 0 Å². The van der Waals surface area contributed by atoms with Crippen molar-refractivity contribution in [2.24, 2.45) is 0 Å². The summed E-state index contributed by atoms with van der Waals surface area (Å²) in [5, 5.41) is 0. The summed E-state index contributed by atoms with van der Waals surface area (Å²) in [6.07, 6.45) is 6.82. The highest BCUT2D eigenvalue weighted by molar-refractivity contribution is 6.19. The first-order valence-corrected chi connectivity index (χ1v) is 5.10. The first-order valence-electron chi connectivity index (χ1n) is 4.57. The number of allylic oxidation sites excluding steroid dienone is 1. The van der Waals surface area contributed by atoms with Gasteiger partial charge in [0.2, 0.25) is 0 Å². The minimum absolute atomic E-state index is 0.603. The summed E-state index contributed by atoms with van der Waals surface area (Å²) in [6.45, 7) is 5.16. The maximum absolute atomic E-state index is 5.78. The quantitative estimate of drug-likeness (QED) is 0.681. The molecule has 0 fully saturated rings. The first kappa shape index (κ1) is 10.3. The van der Waals surface area contributed by atoms with Crippen LogP contribution in [0.4, 0.5) is 0 Å². The van der Waals surface area contributed by atoms with Gasteiger partial charge in [0.1, 0.15) is 0 Å². The van der Waals surface area contributed by atoms with Gasteiger partial charge in [-0.15, -0.1) is 11.6 Å². The molecule has 0 aliphatic heterocycles. The Balaban J connectivity index is 2.88. The molecule has 1 aromatic rings. The van der Waals surface area contributed by atoms with Gasteiger partial charge in [0, 0.05) is 12.4 Å². The van der Waals surface area contributed by atoms with Crippen LogP contribution < -0.4 is 0 Å². The molecule has 0 saturated heterocycles. The van der Waals surface area contributed by atoms with Crippen LogP contribution in [0.5, 0.6) is 0 Å². The molecule has 72 valence electrons. The van der Waals surface area contributed by atoms with Crippen molar-refractivity contribution >= 4 is 17.7 Å². The Morgan fingerprint density at radius 1 is 1.62 bits per heavy atom. The normalized spacial score (nSPS) is 12.1. The van der Waals surface area contributed by atoms with E-state index in [0.29, 0.717) is 5.88 Å². The zero-order valence-corrected chi connectivity index (χ0v) is 8.88. The smallest absolute Gasteiger partial charge is 0.0950 e. The zero-order valence-electron chi connectivity index (χ0n) is 8.13. The van der Waals surface area contributed by atoms with E-state index in [0.717, 1.165) is 18.7 Å². The number of rotatable bonds is 4. The number of aromatic nitrogens is 2. The van der Waals surface area contributed by atoms with Gasteiger partial charge in [-0.1, -0.05) is 12.5 Å². The number of halogens is 1. The molecule has 0 saturated carbocycles. The predicted octanol–water partition coefficient (Wildman–Crippen LogP) is 2.94. The first-order chi connectivity index (χ1) is 6.31. The van der Waals surface area contributed by atoms with Crippen molar-refractivity contribution in [3.63, 3.8) is 0 Å². The van der Waals surface area contributed by atoms with Gasteiger partial charge < -0.3 is 4.57 Å².